The first-order valence-corrected chi connectivity index (χ1v) is 10.6. The van der Waals surface area contributed by atoms with Crippen LogP contribution in [0, 0.1) is 11.8 Å². The highest BCUT2D eigenvalue weighted by Gasteiger charge is 2.76. The number of aliphatic hydroxyl groups excluding tert-OH is 1. The van der Waals surface area contributed by atoms with Crippen molar-refractivity contribution in [1.29, 1.82) is 0 Å². The number of ether oxygens (including phenoxy) is 1. The van der Waals surface area contributed by atoms with Gasteiger partial charge in [-0.1, -0.05) is 39.7 Å². The summed E-state index contributed by atoms with van der Waals surface area (Å²) in [6.45, 7) is -0.338. The van der Waals surface area contributed by atoms with Crippen molar-refractivity contribution in [2.75, 3.05) is 25.5 Å². The van der Waals surface area contributed by atoms with Gasteiger partial charge in [-0.05, 0) is 18.6 Å². The van der Waals surface area contributed by atoms with E-state index in [4.69, 9.17) is 16.3 Å². The lowest BCUT2D eigenvalue weighted by atomic mass is 9.70. The van der Waals surface area contributed by atoms with Crippen LogP contribution in [0.25, 0.3) is 0 Å². The summed E-state index contributed by atoms with van der Waals surface area (Å²) in [4.78, 5) is 40.3. The molecule has 2 bridgehead atoms. The second-order valence-electron chi connectivity index (χ2n) is 7.50. The minimum atomic E-state index is -1.15. The molecule has 156 valence electrons. The van der Waals surface area contributed by atoms with Crippen LogP contribution in [0.5, 0.6) is 0 Å². The molecule has 6 atom stereocenters. The predicted octanol–water partition coefficient (Wildman–Crippen LogP) is 0.765. The number of hydrogen-bond acceptors (Lipinski definition) is 5. The number of fused-ring (bicyclic) bond motifs is 1. The number of carbonyl (C=O) groups is 3. The van der Waals surface area contributed by atoms with Crippen molar-refractivity contribution < 1.29 is 24.2 Å². The van der Waals surface area contributed by atoms with Gasteiger partial charge in [0.1, 0.15) is 11.6 Å². The summed E-state index contributed by atoms with van der Waals surface area (Å²) < 4.78 is 6.23. The van der Waals surface area contributed by atoms with E-state index >= 15 is 0 Å². The van der Waals surface area contributed by atoms with Gasteiger partial charge < -0.3 is 25.4 Å². The Morgan fingerprint density at radius 3 is 2.76 bits per heavy atom. The third-order valence-electron chi connectivity index (χ3n) is 6.06. The second kappa shape index (κ2) is 7.54. The normalized spacial score (nSPS) is 35.0. The zero-order valence-electron chi connectivity index (χ0n) is 15.6. The van der Waals surface area contributed by atoms with Crippen LogP contribution in [0.15, 0.2) is 24.3 Å². The SMILES string of the molecule is CNC(=O)[C@H]1[C@H]2C(=O)N(CCO)C(C(=O)Nc3ccccc3Cl)C23CC(Br)[C@@H]1O3. The summed E-state index contributed by atoms with van der Waals surface area (Å²) in [5.74, 6) is -2.59. The highest BCUT2D eigenvalue weighted by Crippen LogP contribution is 2.60. The first kappa shape index (κ1) is 20.6. The largest absolute Gasteiger partial charge is 0.395 e. The first-order chi connectivity index (χ1) is 13.9. The van der Waals surface area contributed by atoms with Crippen LogP contribution < -0.4 is 10.6 Å². The molecule has 3 amide bonds. The van der Waals surface area contributed by atoms with Crippen molar-refractivity contribution in [3.05, 3.63) is 29.3 Å². The van der Waals surface area contributed by atoms with Crippen molar-refractivity contribution in [1.82, 2.24) is 10.2 Å². The van der Waals surface area contributed by atoms with E-state index in [1.165, 1.54) is 11.9 Å². The van der Waals surface area contributed by atoms with E-state index in [2.05, 4.69) is 26.6 Å². The maximum atomic E-state index is 13.3. The monoisotopic (exact) mass is 485 g/mol. The van der Waals surface area contributed by atoms with E-state index in [1.54, 1.807) is 24.3 Å². The van der Waals surface area contributed by atoms with Gasteiger partial charge in [-0.25, -0.2) is 0 Å². The molecule has 4 rings (SSSR count). The molecule has 0 radical (unpaired) electrons. The van der Waals surface area contributed by atoms with E-state index in [0.717, 1.165) is 0 Å². The minimum absolute atomic E-state index is 0.0286. The van der Waals surface area contributed by atoms with E-state index in [-0.39, 0.29) is 29.8 Å². The average Bonchev–Trinajstić information content (AvgIpc) is 3.27. The topological polar surface area (TPSA) is 108 Å². The van der Waals surface area contributed by atoms with Gasteiger partial charge in [-0.15, -0.1) is 0 Å². The first-order valence-electron chi connectivity index (χ1n) is 9.36. The summed E-state index contributed by atoms with van der Waals surface area (Å²) in [6, 6.07) is 5.81. The van der Waals surface area contributed by atoms with Crippen LogP contribution in [-0.4, -0.2) is 70.5 Å². The quantitative estimate of drug-likeness (QED) is 0.533. The zero-order valence-corrected chi connectivity index (χ0v) is 17.9. The molecule has 3 aliphatic rings. The molecule has 10 heteroatoms. The molecule has 0 aliphatic carbocycles. The number of amides is 3. The fraction of sp³-hybridized carbons (Fsp3) is 0.526. The molecule has 3 saturated heterocycles. The molecule has 1 aromatic carbocycles. The Hall–Kier alpha value is -1.68. The highest BCUT2D eigenvalue weighted by molar-refractivity contribution is 9.09. The molecule has 0 aromatic heterocycles. The van der Waals surface area contributed by atoms with Gasteiger partial charge in [0.15, 0.2) is 0 Å². The Morgan fingerprint density at radius 2 is 2.10 bits per heavy atom. The number of para-hydroxylation sites is 1. The number of hydrogen-bond donors (Lipinski definition) is 3. The van der Waals surface area contributed by atoms with Gasteiger partial charge in [-0.3, -0.25) is 14.4 Å². The maximum Gasteiger partial charge on any atom is 0.250 e. The Bertz CT molecular complexity index is 870. The van der Waals surface area contributed by atoms with E-state index in [0.29, 0.717) is 17.1 Å². The lowest BCUT2D eigenvalue weighted by Gasteiger charge is -2.33. The Labute approximate surface area is 181 Å². The van der Waals surface area contributed by atoms with Crippen molar-refractivity contribution in [2.45, 2.75) is 29.0 Å². The number of likely N-dealkylation sites (tertiary alicyclic amines) is 1. The van der Waals surface area contributed by atoms with Crippen LogP contribution >= 0.6 is 27.5 Å². The van der Waals surface area contributed by atoms with Crippen molar-refractivity contribution >= 4 is 50.9 Å². The lowest BCUT2D eigenvalue weighted by Crippen LogP contribution is -2.54. The molecular formula is C19H21BrClN3O5. The Kier molecular flexibility index (Phi) is 5.35. The fourth-order valence-electron chi connectivity index (χ4n) is 5.01. The molecule has 3 unspecified atom stereocenters. The molecule has 1 aromatic rings. The van der Waals surface area contributed by atoms with Crippen LogP contribution in [0.3, 0.4) is 0 Å². The smallest absolute Gasteiger partial charge is 0.250 e. The summed E-state index contributed by atoms with van der Waals surface area (Å²) in [6.07, 6.45) is -0.0970. The third kappa shape index (κ3) is 2.98. The van der Waals surface area contributed by atoms with Crippen LogP contribution in [0.4, 0.5) is 5.69 Å². The van der Waals surface area contributed by atoms with E-state index in [1.807, 2.05) is 0 Å². The summed E-state index contributed by atoms with van der Waals surface area (Å²) in [7, 11) is 1.51. The second-order valence-corrected chi connectivity index (χ2v) is 9.09. The molecule has 3 N–H and O–H groups in total. The van der Waals surface area contributed by atoms with Gasteiger partial charge in [0, 0.05) is 18.4 Å². The molecule has 1 spiro atoms. The number of benzene rings is 1. The standard InChI is InChI=1S/C19H21BrClN3O5/c1-22-16(26)12-13-18(28)24(6-7-25)15(19(13)8-9(20)14(12)29-19)17(27)23-11-5-3-2-4-10(11)21/h2-5,9,12-15,25H,6-8H2,1H3,(H,22,26)(H,23,27)/t9?,12-,13-,14-,15?,19?/m0/s1. The third-order valence-corrected chi connectivity index (χ3v) is 7.23. The van der Waals surface area contributed by atoms with Crippen LogP contribution in [0.2, 0.25) is 5.02 Å². The van der Waals surface area contributed by atoms with Gasteiger partial charge in [0.05, 0.1) is 35.3 Å². The number of β-amino-alcohol motifs (C(OH)–C–C–N with tert-alkyl or cyclic N) is 1. The number of carbonyl (C=O) groups excluding carboxylic acids is 3. The number of alkyl halides is 1. The number of nitrogens with one attached hydrogen (secondary N) is 2. The number of nitrogens with zero attached hydrogens (tertiary/aromatic N) is 1. The molecule has 8 nitrogen and oxygen atoms in total. The molecule has 0 saturated carbocycles. The fourth-order valence-corrected chi connectivity index (χ4v) is 6.13. The van der Waals surface area contributed by atoms with E-state index in [9.17, 15) is 19.5 Å². The van der Waals surface area contributed by atoms with Gasteiger partial charge >= 0.3 is 0 Å². The summed E-state index contributed by atoms with van der Waals surface area (Å²) >= 11 is 9.73. The number of rotatable bonds is 5. The molecule has 3 aliphatic heterocycles. The van der Waals surface area contributed by atoms with Crippen molar-refractivity contribution in [2.24, 2.45) is 11.8 Å². The average molecular weight is 487 g/mol. The van der Waals surface area contributed by atoms with Crippen LogP contribution in [0.1, 0.15) is 6.42 Å². The zero-order chi connectivity index (χ0) is 20.9. The van der Waals surface area contributed by atoms with Gasteiger partial charge in [0.25, 0.3) is 0 Å². The van der Waals surface area contributed by atoms with Crippen LogP contribution in [-0.2, 0) is 19.1 Å². The molecular weight excluding hydrogens is 466 g/mol. The van der Waals surface area contributed by atoms with Gasteiger partial charge in [-0.2, -0.15) is 0 Å². The predicted molar refractivity (Wildman–Crippen MR) is 109 cm³/mol. The Balaban J connectivity index is 1.74. The number of aliphatic hydroxyl groups is 1. The van der Waals surface area contributed by atoms with Crippen molar-refractivity contribution in [3.63, 3.8) is 0 Å². The Morgan fingerprint density at radius 1 is 1.38 bits per heavy atom. The minimum Gasteiger partial charge on any atom is -0.395 e. The maximum absolute atomic E-state index is 13.3. The van der Waals surface area contributed by atoms with E-state index < -0.39 is 35.5 Å². The molecule has 29 heavy (non-hydrogen) atoms. The number of anilines is 1. The summed E-state index contributed by atoms with van der Waals surface area (Å²) in [5, 5.41) is 15.3. The lowest BCUT2D eigenvalue weighted by molar-refractivity contribution is -0.141. The highest BCUT2D eigenvalue weighted by atomic mass is 79.9. The number of halogens is 2. The molecule has 3 fully saturated rings. The summed E-state index contributed by atoms with van der Waals surface area (Å²) in [5.41, 5.74) is -0.727. The molecule has 3 heterocycles. The van der Waals surface area contributed by atoms with Gasteiger partial charge in [0.2, 0.25) is 17.7 Å². The van der Waals surface area contributed by atoms with Crippen molar-refractivity contribution in [3.8, 4) is 0 Å².